The fourth-order valence-electron chi connectivity index (χ4n) is 2.00. The molecule has 0 saturated carbocycles. The van der Waals surface area contributed by atoms with Crippen molar-refractivity contribution in [2.75, 3.05) is 5.32 Å². The molecule has 1 unspecified atom stereocenters. The van der Waals surface area contributed by atoms with Crippen molar-refractivity contribution in [1.29, 1.82) is 0 Å². The van der Waals surface area contributed by atoms with E-state index in [2.05, 4.69) is 14.7 Å². The summed E-state index contributed by atoms with van der Waals surface area (Å²) < 4.78 is 35.6. The molecule has 0 saturated heterocycles. The van der Waals surface area contributed by atoms with Crippen LogP contribution in [0.15, 0.2) is 48.5 Å². The van der Waals surface area contributed by atoms with Crippen molar-refractivity contribution in [2.45, 2.75) is 13.0 Å². The van der Waals surface area contributed by atoms with Crippen molar-refractivity contribution in [1.82, 2.24) is 9.36 Å². The molecule has 1 N–H and O–H groups in total. The van der Waals surface area contributed by atoms with Crippen LogP contribution in [0, 0.1) is 11.6 Å². The van der Waals surface area contributed by atoms with Gasteiger partial charge in [0.2, 0.25) is 5.13 Å². The number of ether oxygens (including phenoxy) is 1. The van der Waals surface area contributed by atoms with E-state index in [-0.39, 0.29) is 11.6 Å². The second kappa shape index (κ2) is 7.35. The monoisotopic (exact) mass is 361 g/mol. The van der Waals surface area contributed by atoms with Crippen LogP contribution in [0.3, 0.4) is 0 Å². The Balaban J connectivity index is 1.64. The number of amides is 1. The molecule has 5 nitrogen and oxygen atoms in total. The number of aromatic nitrogens is 2. The summed E-state index contributed by atoms with van der Waals surface area (Å²) in [5.74, 6) is -0.592. The molecule has 0 spiro atoms. The predicted octanol–water partition coefficient (Wildman–Crippen LogP) is 3.89. The van der Waals surface area contributed by atoms with Gasteiger partial charge in [0.05, 0.1) is 0 Å². The van der Waals surface area contributed by atoms with E-state index in [1.807, 2.05) is 0 Å². The maximum absolute atomic E-state index is 13.1. The molecule has 1 aromatic heterocycles. The Bertz CT molecular complexity index is 884. The topological polar surface area (TPSA) is 64.1 Å². The number of nitrogens with zero attached hydrogens (tertiary/aromatic N) is 2. The van der Waals surface area contributed by atoms with Crippen LogP contribution in [0.2, 0.25) is 0 Å². The van der Waals surface area contributed by atoms with Gasteiger partial charge in [0.1, 0.15) is 17.4 Å². The largest absolute Gasteiger partial charge is 0.481 e. The molecule has 0 aliphatic carbocycles. The van der Waals surface area contributed by atoms with Crippen molar-refractivity contribution in [3.63, 3.8) is 0 Å². The van der Waals surface area contributed by atoms with Gasteiger partial charge >= 0.3 is 0 Å². The lowest BCUT2D eigenvalue weighted by Crippen LogP contribution is -2.30. The highest BCUT2D eigenvalue weighted by Crippen LogP contribution is 2.22. The fourth-order valence-corrected chi connectivity index (χ4v) is 2.59. The van der Waals surface area contributed by atoms with Crippen LogP contribution in [0.5, 0.6) is 5.75 Å². The van der Waals surface area contributed by atoms with Crippen LogP contribution in [-0.2, 0) is 4.79 Å². The van der Waals surface area contributed by atoms with Crippen molar-refractivity contribution in [2.24, 2.45) is 0 Å². The number of hydrogen-bond donors (Lipinski definition) is 1. The molecule has 1 heterocycles. The summed E-state index contributed by atoms with van der Waals surface area (Å²) in [4.78, 5) is 16.3. The average Bonchev–Trinajstić information content (AvgIpc) is 3.04. The summed E-state index contributed by atoms with van der Waals surface area (Å²) in [6.07, 6.45) is -0.847. The first-order valence-electron chi connectivity index (χ1n) is 7.34. The number of benzene rings is 2. The zero-order valence-corrected chi connectivity index (χ0v) is 13.9. The minimum absolute atomic E-state index is 0.256. The van der Waals surface area contributed by atoms with E-state index in [0.717, 1.165) is 11.5 Å². The van der Waals surface area contributed by atoms with Crippen LogP contribution in [0.1, 0.15) is 6.92 Å². The molecular formula is C17H13F2N3O2S. The molecule has 0 radical (unpaired) electrons. The highest BCUT2D eigenvalue weighted by molar-refractivity contribution is 7.10. The Labute approximate surface area is 146 Å². The molecule has 3 rings (SSSR count). The summed E-state index contributed by atoms with van der Waals surface area (Å²) in [5.41, 5.74) is 0.641. The van der Waals surface area contributed by atoms with Gasteiger partial charge in [-0.3, -0.25) is 10.1 Å². The number of nitrogens with one attached hydrogen (secondary N) is 1. The molecule has 2 aromatic carbocycles. The van der Waals surface area contributed by atoms with Gasteiger partial charge in [-0.25, -0.2) is 8.78 Å². The Morgan fingerprint density at radius 2 is 1.92 bits per heavy atom. The lowest BCUT2D eigenvalue weighted by atomic mass is 10.2. The molecule has 0 aliphatic rings. The van der Waals surface area contributed by atoms with Gasteiger partial charge in [-0.05, 0) is 43.3 Å². The number of rotatable bonds is 5. The maximum atomic E-state index is 13.1. The SMILES string of the molecule is CC(Oc1cccc(F)c1)C(=O)Nc1nc(-c2ccc(F)cc2)ns1. The van der Waals surface area contributed by atoms with Crippen molar-refractivity contribution in [3.05, 3.63) is 60.2 Å². The molecule has 0 fully saturated rings. The van der Waals surface area contributed by atoms with Crippen LogP contribution in [0.4, 0.5) is 13.9 Å². The third-order valence-corrected chi connectivity index (χ3v) is 3.87. The molecule has 0 bridgehead atoms. The second-order valence-electron chi connectivity index (χ2n) is 5.14. The van der Waals surface area contributed by atoms with E-state index in [0.29, 0.717) is 16.5 Å². The highest BCUT2D eigenvalue weighted by atomic mass is 32.1. The van der Waals surface area contributed by atoms with Gasteiger partial charge < -0.3 is 4.74 Å². The average molecular weight is 361 g/mol. The highest BCUT2D eigenvalue weighted by Gasteiger charge is 2.17. The molecular weight excluding hydrogens is 348 g/mol. The minimum Gasteiger partial charge on any atom is -0.481 e. The Hall–Kier alpha value is -2.87. The van der Waals surface area contributed by atoms with Gasteiger partial charge in [-0.2, -0.15) is 9.36 Å². The standard InChI is InChI=1S/C17H13F2N3O2S/c1-10(24-14-4-2-3-13(19)9-14)16(23)21-17-20-15(22-25-17)11-5-7-12(18)8-6-11/h2-10H,1H3,(H,20,21,22,23). The Morgan fingerprint density at radius 1 is 1.16 bits per heavy atom. The summed E-state index contributed by atoms with van der Waals surface area (Å²) >= 11 is 1.00. The lowest BCUT2D eigenvalue weighted by Gasteiger charge is -2.13. The maximum Gasteiger partial charge on any atom is 0.266 e. The number of halogens is 2. The molecule has 3 aromatic rings. The molecule has 128 valence electrons. The quantitative estimate of drug-likeness (QED) is 0.749. The van der Waals surface area contributed by atoms with E-state index < -0.39 is 17.8 Å². The molecule has 8 heteroatoms. The first-order valence-corrected chi connectivity index (χ1v) is 8.11. The van der Waals surface area contributed by atoms with Crippen molar-refractivity contribution < 1.29 is 18.3 Å². The Morgan fingerprint density at radius 3 is 2.64 bits per heavy atom. The zero-order chi connectivity index (χ0) is 17.8. The number of hydrogen-bond acceptors (Lipinski definition) is 5. The van der Waals surface area contributed by atoms with E-state index in [1.54, 1.807) is 25.1 Å². The van der Waals surface area contributed by atoms with E-state index >= 15 is 0 Å². The van der Waals surface area contributed by atoms with Gasteiger partial charge in [-0.1, -0.05) is 6.07 Å². The third kappa shape index (κ3) is 4.36. The summed E-state index contributed by atoms with van der Waals surface area (Å²) in [6.45, 7) is 1.54. The number of carbonyl (C=O) groups excluding carboxylic acids is 1. The first kappa shape index (κ1) is 17.0. The summed E-state index contributed by atoms with van der Waals surface area (Å²) in [7, 11) is 0. The third-order valence-electron chi connectivity index (χ3n) is 3.24. The molecule has 25 heavy (non-hydrogen) atoms. The van der Waals surface area contributed by atoms with Crippen LogP contribution < -0.4 is 10.1 Å². The fraction of sp³-hybridized carbons (Fsp3) is 0.118. The lowest BCUT2D eigenvalue weighted by molar-refractivity contribution is -0.122. The molecule has 0 aliphatic heterocycles. The van der Waals surface area contributed by atoms with E-state index in [9.17, 15) is 13.6 Å². The van der Waals surface area contributed by atoms with E-state index in [4.69, 9.17) is 4.74 Å². The van der Waals surface area contributed by atoms with Crippen molar-refractivity contribution in [3.8, 4) is 17.1 Å². The number of carbonyl (C=O) groups is 1. The van der Waals surface area contributed by atoms with Gasteiger partial charge in [0, 0.05) is 23.2 Å². The summed E-state index contributed by atoms with van der Waals surface area (Å²) in [6, 6.07) is 11.3. The minimum atomic E-state index is -0.847. The van der Waals surface area contributed by atoms with Gasteiger partial charge in [0.25, 0.3) is 5.91 Å². The van der Waals surface area contributed by atoms with Crippen molar-refractivity contribution >= 4 is 22.6 Å². The predicted molar refractivity (Wildman–Crippen MR) is 90.4 cm³/mol. The van der Waals surface area contributed by atoms with E-state index in [1.165, 1.54) is 30.3 Å². The number of anilines is 1. The Kier molecular flexibility index (Phi) is 4.99. The van der Waals surface area contributed by atoms with Crippen LogP contribution in [0.25, 0.3) is 11.4 Å². The molecule has 1 atom stereocenters. The van der Waals surface area contributed by atoms with Crippen LogP contribution in [-0.4, -0.2) is 21.4 Å². The molecule has 1 amide bonds. The summed E-state index contributed by atoms with van der Waals surface area (Å²) in [5, 5.41) is 2.88. The zero-order valence-electron chi connectivity index (χ0n) is 13.1. The van der Waals surface area contributed by atoms with Gasteiger partial charge in [-0.15, -0.1) is 0 Å². The van der Waals surface area contributed by atoms with Gasteiger partial charge in [0.15, 0.2) is 11.9 Å². The first-order chi connectivity index (χ1) is 12.0. The smallest absolute Gasteiger partial charge is 0.266 e. The second-order valence-corrected chi connectivity index (χ2v) is 5.89. The van der Waals surface area contributed by atoms with Crippen LogP contribution >= 0.6 is 11.5 Å². The normalized spacial score (nSPS) is 11.8.